The smallest absolute Gasteiger partial charge is 0.118 e. The molecule has 1 aliphatic heterocycles. The molecule has 0 aromatic heterocycles. The number of likely N-dealkylation sites (tertiary alicyclic amines) is 1. The summed E-state index contributed by atoms with van der Waals surface area (Å²) in [6, 6.07) is 8.12. The SMILES string of the molecule is COc1ccc(C2(O)CC(C)N(C)C2)cc1. The molecule has 0 radical (unpaired) electrons. The molecular weight excluding hydrogens is 202 g/mol. The van der Waals surface area contributed by atoms with Crippen LogP contribution in [0.4, 0.5) is 0 Å². The topological polar surface area (TPSA) is 32.7 Å². The van der Waals surface area contributed by atoms with Gasteiger partial charge in [-0.25, -0.2) is 0 Å². The second-order valence-corrected chi connectivity index (χ2v) is 4.73. The maximum atomic E-state index is 10.6. The normalized spacial score (nSPS) is 30.6. The van der Waals surface area contributed by atoms with Crippen LogP contribution in [0.15, 0.2) is 24.3 Å². The third kappa shape index (κ3) is 1.93. The van der Waals surface area contributed by atoms with E-state index in [2.05, 4.69) is 11.8 Å². The Balaban J connectivity index is 2.23. The number of ether oxygens (including phenoxy) is 1. The number of β-amino-alcohol motifs (C(OH)–C–C–N with tert-alkyl or cyclic N) is 1. The van der Waals surface area contributed by atoms with Crippen molar-refractivity contribution in [3.8, 4) is 5.75 Å². The Hall–Kier alpha value is -1.06. The lowest BCUT2D eigenvalue weighted by Gasteiger charge is -2.23. The molecule has 0 spiro atoms. The Bertz CT molecular complexity index is 351. The fourth-order valence-corrected chi connectivity index (χ4v) is 2.39. The van der Waals surface area contributed by atoms with E-state index >= 15 is 0 Å². The summed E-state index contributed by atoms with van der Waals surface area (Å²) in [5.41, 5.74) is 0.268. The molecule has 3 heteroatoms. The van der Waals surface area contributed by atoms with Gasteiger partial charge in [0.1, 0.15) is 11.4 Å². The largest absolute Gasteiger partial charge is 0.497 e. The van der Waals surface area contributed by atoms with Crippen molar-refractivity contribution in [2.45, 2.75) is 25.0 Å². The van der Waals surface area contributed by atoms with Crippen molar-refractivity contribution in [3.63, 3.8) is 0 Å². The van der Waals surface area contributed by atoms with Crippen molar-refractivity contribution >= 4 is 0 Å². The van der Waals surface area contributed by atoms with Crippen LogP contribution in [-0.2, 0) is 5.60 Å². The zero-order valence-corrected chi connectivity index (χ0v) is 10.1. The molecule has 1 aromatic rings. The molecule has 2 rings (SSSR count). The van der Waals surface area contributed by atoms with Crippen molar-refractivity contribution in [2.24, 2.45) is 0 Å². The lowest BCUT2D eigenvalue weighted by Crippen LogP contribution is -2.29. The van der Waals surface area contributed by atoms with Crippen molar-refractivity contribution in [3.05, 3.63) is 29.8 Å². The van der Waals surface area contributed by atoms with Crippen LogP contribution >= 0.6 is 0 Å². The van der Waals surface area contributed by atoms with E-state index in [1.165, 1.54) is 0 Å². The number of rotatable bonds is 2. The molecule has 0 aliphatic carbocycles. The van der Waals surface area contributed by atoms with Gasteiger partial charge < -0.3 is 14.7 Å². The molecule has 1 fully saturated rings. The van der Waals surface area contributed by atoms with E-state index in [9.17, 15) is 5.11 Å². The number of hydrogen-bond donors (Lipinski definition) is 1. The fraction of sp³-hybridized carbons (Fsp3) is 0.538. The van der Waals surface area contributed by atoms with Gasteiger partial charge in [0, 0.05) is 12.6 Å². The Morgan fingerprint density at radius 1 is 1.38 bits per heavy atom. The molecule has 1 N–H and O–H groups in total. The zero-order chi connectivity index (χ0) is 11.8. The Morgan fingerprint density at radius 3 is 2.44 bits per heavy atom. The first-order valence-corrected chi connectivity index (χ1v) is 5.62. The van der Waals surface area contributed by atoms with Gasteiger partial charge in [0.25, 0.3) is 0 Å². The first kappa shape index (κ1) is 11.4. The van der Waals surface area contributed by atoms with E-state index in [-0.39, 0.29) is 0 Å². The van der Waals surface area contributed by atoms with Gasteiger partial charge in [-0.05, 0) is 38.1 Å². The first-order valence-electron chi connectivity index (χ1n) is 5.62. The van der Waals surface area contributed by atoms with E-state index in [4.69, 9.17) is 4.74 Å². The molecule has 2 unspecified atom stereocenters. The third-order valence-electron chi connectivity index (χ3n) is 3.52. The van der Waals surface area contributed by atoms with E-state index in [1.807, 2.05) is 31.3 Å². The van der Waals surface area contributed by atoms with Gasteiger partial charge >= 0.3 is 0 Å². The monoisotopic (exact) mass is 221 g/mol. The van der Waals surface area contributed by atoms with Crippen molar-refractivity contribution < 1.29 is 9.84 Å². The maximum absolute atomic E-state index is 10.6. The Labute approximate surface area is 96.6 Å². The number of methoxy groups -OCH3 is 1. The molecule has 0 saturated carbocycles. The second-order valence-electron chi connectivity index (χ2n) is 4.73. The molecule has 16 heavy (non-hydrogen) atoms. The van der Waals surface area contributed by atoms with Gasteiger partial charge in [-0.15, -0.1) is 0 Å². The van der Waals surface area contributed by atoms with E-state index < -0.39 is 5.60 Å². The average molecular weight is 221 g/mol. The Morgan fingerprint density at radius 2 is 2.00 bits per heavy atom. The molecular formula is C13H19NO2. The lowest BCUT2D eigenvalue weighted by molar-refractivity contribution is 0.0485. The lowest BCUT2D eigenvalue weighted by atomic mass is 9.91. The summed E-state index contributed by atoms with van der Waals surface area (Å²) in [5, 5.41) is 10.6. The third-order valence-corrected chi connectivity index (χ3v) is 3.52. The summed E-state index contributed by atoms with van der Waals surface area (Å²) in [5.74, 6) is 0.826. The van der Waals surface area contributed by atoms with Crippen LogP contribution in [0.2, 0.25) is 0 Å². The molecule has 0 amide bonds. The van der Waals surface area contributed by atoms with Gasteiger partial charge in [-0.2, -0.15) is 0 Å². The van der Waals surface area contributed by atoms with Gasteiger partial charge in [-0.3, -0.25) is 0 Å². The fourth-order valence-electron chi connectivity index (χ4n) is 2.39. The van der Waals surface area contributed by atoms with Crippen LogP contribution in [0, 0.1) is 0 Å². The van der Waals surface area contributed by atoms with Crippen LogP contribution in [0.25, 0.3) is 0 Å². The Kier molecular flexibility index (Phi) is 2.91. The standard InChI is InChI=1S/C13H19NO2/c1-10-8-13(15,9-14(10)2)11-4-6-12(16-3)7-5-11/h4-7,10,15H,8-9H2,1-3H3. The van der Waals surface area contributed by atoms with Gasteiger partial charge in [0.2, 0.25) is 0 Å². The highest BCUT2D eigenvalue weighted by atomic mass is 16.5. The van der Waals surface area contributed by atoms with Gasteiger partial charge in [0.15, 0.2) is 0 Å². The molecule has 0 bridgehead atoms. The number of benzene rings is 1. The zero-order valence-electron chi connectivity index (χ0n) is 10.1. The molecule has 3 nitrogen and oxygen atoms in total. The molecule has 1 heterocycles. The second kappa shape index (κ2) is 4.07. The summed E-state index contributed by atoms with van der Waals surface area (Å²) < 4.78 is 5.11. The molecule has 2 atom stereocenters. The average Bonchev–Trinajstić information content (AvgIpc) is 2.54. The van der Waals surface area contributed by atoms with E-state index in [1.54, 1.807) is 7.11 Å². The van der Waals surface area contributed by atoms with Crippen LogP contribution in [0.5, 0.6) is 5.75 Å². The summed E-state index contributed by atoms with van der Waals surface area (Å²) >= 11 is 0. The molecule has 1 saturated heterocycles. The van der Waals surface area contributed by atoms with Crippen LogP contribution < -0.4 is 4.74 Å². The minimum atomic E-state index is -0.708. The maximum Gasteiger partial charge on any atom is 0.118 e. The summed E-state index contributed by atoms with van der Waals surface area (Å²) in [6.45, 7) is 2.84. The van der Waals surface area contributed by atoms with Crippen molar-refractivity contribution in [2.75, 3.05) is 20.7 Å². The highest BCUT2D eigenvalue weighted by Gasteiger charge is 2.40. The predicted molar refractivity (Wildman–Crippen MR) is 63.6 cm³/mol. The molecule has 88 valence electrons. The number of likely N-dealkylation sites (N-methyl/N-ethyl adjacent to an activating group) is 1. The number of nitrogens with zero attached hydrogens (tertiary/aromatic N) is 1. The summed E-state index contributed by atoms with van der Waals surface area (Å²) in [6.07, 6.45) is 0.788. The van der Waals surface area contributed by atoms with Gasteiger partial charge in [-0.1, -0.05) is 12.1 Å². The predicted octanol–water partition coefficient (Wildman–Crippen LogP) is 1.61. The van der Waals surface area contributed by atoms with Crippen LogP contribution in [0.3, 0.4) is 0 Å². The summed E-state index contributed by atoms with van der Waals surface area (Å²) in [7, 11) is 3.70. The molecule has 1 aromatic carbocycles. The highest BCUT2D eigenvalue weighted by Crippen LogP contribution is 2.35. The number of aliphatic hydroxyl groups is 1. The molecule has 1 aliphatic rings. The minimum Gasteiger partial charge on any atom is -0.497 e. The van der Waals surface area contributed by atoms with Crippen LogP contribution in [0.1, 0.15) is 18.9 Å². The quantitative estimate of drug-likeness (QED) is 0.823. The van der Waals surface area contributed by atoms with Gasteiger partial charge in [0.05, 0.1) is 7.11 Å². The highest BCUT2D eigenvalue weighted by molar-refractivity contribution is 5.32. The van der Waals surface area contributed by atoms with E-state index in [0.29, 0.717) is 12.6 Å². The first-order chi connectivity index (χ1) is 7.55. The number of hydrogen-bond acceptors (Lipinski definition) is 3. The van der Waals surface area contributed by atoms with Crippen molar-refractivity contribution in [1.82, 2.24) is 4.90 Å². The van der Waals surface area contributed by atoms with Crippen molar-refractivity contribution in [1.29, 1.82) is 0 Å². The summed E-state index contributed by atoms with van der Waals surface area (Å²) in [4.78, 5) is 2.18. The van der Waals surface area contributed by atoms with Crippen LogP contribution in [-0.4, -0.2) is 36.8 Å². The van der Waals surface area contributed by atoms with E-state index in [0.717, 1.165) is 17.7 Å². The minimum absolute atomic E-state index is 0.423.